The molecule has 2 rings (SSSR count). The smallest absolute Gasteiger partial charge is 0.309 e. The summed E-state index contributed by atoms with van der Waals surface area (Å²) in [5, 5.41) is 13.9. The van der Waals surface area contributed by atoms with Gasteiger partial charge in [-0.2, -0.15) is 5.10 Å². The fourth-order valence-corrected chi connectivity index (χ4v) is 3.19. The van der Waals surface area contributed by atoms with Gasteiger partial charge in [-0.15, -0.1) is 0 Å². The van der Waals surface area contributed by atoms with Crippen molar-refractivity contribution < 1.29 is 9.90 Å². The van der Waals surface area contributed by atoms with Crippen LogP contribution in [-0.4, -0.2) is 38.8 Å². The number of nitrogens with zero attached hydrogens (tertiary/aromatic N) is 3. The predicted octanol–water partition coefficient (Wildman–Crippen LogP) is 2.93. The van der Waals surface area contributed by atoms with Gasteiger partial charge in [0.15, 0.2) is 0 Å². The van der Waals surface area contributed by atoms with E-state index in [2.05, 4.69) is 37.0 Å². The van der Waals surface area contributed by atoms with Crippen molar-refractivity contribution >= 4 is 5.97 Å². The monoisotopic (exact) mass is 293 g/mol. The van der Waals surface area contributed by atoms with Crippen LogP contribution in [0.3, 0.4) is 0 Å². The van der Waals surface area contributed by atoms with Crippen LogP contribution in [0.15, 0.2) is 12.4 Å². The van der Waals surface area contributed by atoms with Crippen LogP contribution >= 0.6 is 0 Å². The van der Waals surface area contributed by atoms with Crippen LogP contribution in [0.2, 0.25) is 0 Å². The fraction of sp³-hybridized carbons (Fsp3) is 0.750. The minimum atomic E-state index is -0.614. The summed E-state index contributed by atoms with van der Waals surface area (Å²) >= 11 is 0. The maximum Gasteiger partial charge on any atom is 0.309 e. The lowest BCUT2D eigenvalue weighted by Crippen LogP contribution is -2.44. The number of carbonyl (C=O) groups is 1. The number of hydrogen-bond acceptors (Lipinski definition) is 3. The summed E-state index contributed by atoms with van der Waals surface area (Å²) < 4.78 is 1.97. The zero-order valence-electron chi connectivity index (χ0n) is 13.4. The van der Waals surface area contributed by atoms with Gasteiger partial charge < -0.3 is 5.11 Å². The quantitative estimate of drug-likeness (QED) is 0.876. The highest BCUT2D eigenvalue weighted by molar-refractivity contribution is 5.74. The Morgan fingerprint density at radius 1 is 1.43 bits per heavy atom. The number of hydrogen-bond donors (Lipinski definition) is 1. The maximum absolute atomic E-state index is 11.6. The standard InChI is InChI=1S/C16H27N3O2/c1-4-5-16(15(20)21)6-8-18(9-7-16)11-14-10-17-19(12-14)13(2)3/h10,12-13H,4-9,11H2,1-3H3,(H,20,21). The predicted molar refractivity (Wildman–Crippen MR) is 82.1 cm³/mol. The molecule has 0 saturated carbocycles. The molecule has 0 radical (unpaired) electrons. The molecule has 0 aliphatic carbocycles. The average molecular weight is 293 g/mol. The van der Waals surface area contributed by atoms with Crippen LogP contribution in [-0.2, 0) is 11.3 Å². The third-order valence-corrected chi connectivity index (χ3v) is 4.59. The summed E-state index contributed by atoms with van der Waals surface area (Å²) in [4.78, 5) is 13.9. The van der Waals surface area contributed by atoms with Gasteiger partial charge >= 0.3 is 5.97 Å². The van der Waals surface area contributed by atoms with Gasteiger partial charge in [-0.1, -0.05) is 13.3 Å². The van der Waals surface area contributed by atoms with Gasteiger partial charge in [-0.25, -0.2) is 0 Å². The van der Waals surface area contributed by atoms with Crippen molar-refractivity contribution in [2.75, 3.05) is 13.1 Å². The van der Waals surface area contributed by atoms with Crippen molar-refractivity contribution in [2.45, 2.75) is 59.0 Å². The van der Waals surface area contributed by atoms with Gasteiger partial charge in [0.05, 0.1) is 11.6 Å². The first-order valence-electron chi connectivity index (χ1n) is 7.95. The van der Waals surface area contributed by atoms with Gasteiger partial charge in [-0.05, 0) is 46.2 Å². The van der Waals surface area contributed by atoms with E-state index >= 15 is 0 Å². The third kappa shape index (κ3) is 3.64. The summed E-state index contributed by atoms with van der Waals surface area (Å²) in [6, 6.07) is 0.379. The van der Waals surface area contributed by atoms with E-state index in [1.54, 1.807) is 0 Å². The second-order valence-corrected chi connectivity index (χ2v) is 6.53. The Morgan fingerprint density at radius 3 is 2.57 bits per heavy atom. The molecule has 1 N–H and O–H groups in total. The Labute approximate surface area is 126 Å². The molecule has 5 heteroatoms. The normalized spacial score (nSPS) is 19.0. The molecule has 5 nitrogen and oxygen atoms in total. The minimum absolute atomic E-state index is 0.379. The Hall–Kier alpha value is -1.36. The molecule has 1 aliphatic rings. The number of rotatable bonds is 6. The Balaban J connectivity index is 1.92. The summed E-state index contributed by atoms with van der Waals surface area (Å²) in [5.74, 6) is -0.614. The molecular weight excluding hydrogens is 266 g/mol. The van der Waals surface area contributed by atoms with Gasteiger partial charge in [0.1, 0.15) is 0 Å². The van der Waals surface area contributed by atoms with Gasteiger partial charge in [0, 0.05) is 24.3 Å². The first-order chi connectivity index (χ1) is 9.97. The first-order valence-corrected chi connectivity index (χ1v) is 7.95. The molecule has 0 spiro atoms. The number of carboxylic acid groups (broad SMARTS) is 1. The molecule has 118 valence electrons. The number of aliphatic carboxylic acids is 1. The fourth-order valence-electron chi connectivity index (χ4n) is 3.19. The Morgan fingerprint density at radius 2 is 2.10 bits per heavy atom. The molecule has 0 unspecified atom stereocenters. The molecule has 1 aromatic heterocycles. The van der Waals surface area contributed by atoms with E-state index in [1.165, 1.54) is 5.56 Å². The molecule has 1 aromatic rings. The number of likely N-dealkylation sites (tertiary alicyclic amines) is 1. The van der Waals surface area contributed by atoms with E-state index < -0.39 is 11.4 Å². The van der Waals surface area contributed by atoms with Crippen molar-refractivity contribution in [3.63, 3.8) is 0 Å². The minimum Gasteiger partial charge on any atom is -0.481 e. The summed E-state index contributed by atoms with van der Waals surface area (Å²) in [5.41, 5.74) is 0.718. The molecule has 21 heavy (non-hydrogen) atoms. The third-order valence-electron chi connectivity index (χ3n) is 4.59. The average Bonchev–Trinajstić information content (AvgIpc) is 2.90. The number of piperidine rings is 1. The van der Waals surface area contributed by atoms with Crippen LogP contribution < -0.4 is 0 Å². The van der Waals surface area contributed by atoms with E-state index in [4.69, 9.17) is 0 Å². The molecule has 1 saturated heterocycles. The Bertz CT molecular complexity index is 474. The zero-order chi connectivity index (χ0) is 15.5. The first kappa shape index (κ1) is 16.0. The topological polar surface area (TPSA) is 58.4 Å². The molecular formula is C16H27N3O2. The van der Waals surface area contributed by atoms with E-state index in [9.17, 15) is 9.90 Å². The largest absolute Gasteiger partial charge is 0.481 e. The van der Waals surface area contributed by atoms with Gasteiger partial charge in [0.2, 0.25) is 0 Å². The van der Waals surface area contributed by atoms with Crippen LogP contribution in [0.4, 0.5) is 0 Å². The van der Waals surface area contributed by atoms with Gasteiger partial charge in [0.25, 0.3) is 0 Å². The molecule has 2 heterocycles. The van der Waals surface area contributed by atoms with E-state index in [0.29, 0.717) is 6.04 Å². The van der Waals surface area contributed by atoms with E-state index in [0.717, 1.165) is 45.3 Å². The number of carboxylic acids is 1. The van der Waals surface area contributed by atoms with Crippen LogP contribution in [0.5, 0.6) is 0 Å². The van der Waals surface area contributed by atoms with Crippen LogP contribution in [0.25, 0.3) is 0 Å². The van der Waals surface area contributed by atoms with Crippen molar-refractivity contribution in [1.29, 1.82) is 0 Å². The van der Waals surface area contributed by atoms with Crippen molar-refractivity contribution in [3.8, 4) is 0 Å². The highest BCUT2D eigenvalue weighted by Gasteiger charge is 2.40. The molecule has 0 bridgehead atoms. The second-order valence-electron chi connectivity index (χ2n) is 6.53. The lowest BCUT2D eigenvalue weighted by molar-refractivity contribution is -0.152. The maximum atomic E-state index is 11.6. The lowest BCUT2D eigenvalue weighted by Gasteiger charge is -2.38. The van der Waals surface area contributed by atoms with Crippen LogP contribution in [0, 0.1) is 5.41 Å². The van der Waals surface area contributed by atoms with Crippen molar-refractivity contribution in [3.05, 3.63) is 18.0 Å². The van der Waals surface area contributed by atoms with Crippen molar-refractivity contribution in [2.24, 2.45) is 5.41 Å². The summed E-state index contributed by atoms with van der Waals surface area (Å²) in [6.07, 6.45) is 7.26. The molecule has 1 aliphatic heterocycles. The van der Waals surface area contributed by atoms with Crippen LogP contribution in [0.1, 0.15) is 58.1 Å². The van der Waals surface area contributed by atoms with E-state index in [1.807, 2.05) is 10.9 Å². The Kier molecular flexibility index (Phi) is 5.04. The van der Waals surface area contributed by atoms with Crippen molar-refractivity contribution in [1.82, 2.24) is 14.7 Å². The molecule has 0 atom stereocenters. The van der Waals surface area contributed by atoms with E-state index in [-0.39, 0.29) is 0 Å². The summed E-state index contributed by atoms with van der Waals surface area (Å²) in [7, 11) is 0. The molecule has 0 amide bonds. The molecule has 1 fully saturated rings. The highest BCUT2D eigenvalue weighted by atomic mass is 16.4. The number of aromatic nitrogens is 2. The second kappa shape index (κ2) is 6.60. The molecule has 0 aromatic carbocycles. The highest BCUT2D eigenvalue weighted by Crippen LogP contribution is 2.36. The lowest BCUT2D eigenvalue weighted by atomic mass is 9.75. The zero-order valence-corrected chi connectivity index (χ0v) is 13.4. The summed E-state index contributed by atoms with van der Waals surface area (Å²) in [6.45, 7) is 8.89. The van der Waals surface area contributed by atoms with Gasteiger partial charge in [-0.3, -0.25) is 14.4 Å². The SMILES string of the molecule is CCCC1(C(=O)O)CCN(Cc2cnn(C(C)C)c2)CC1.